The van der Waals surface area contributed by atoms with Crippen LogP contribution in [0.3, 0.4) is 0 Å². The third-order valence-electron chi connectivity index (χ3n) is 3.69. The number of hydrogen-bond acceptors (Lipinski definition) is 2. The Labute approximate surface area is 115 Å². The molecule has 19 heavy (non-hydrogen) atoms. The maximum Gasteiger partial charge on any atom is 0.0725 e. The fourth-order valence-corrected chi connectivity index (χ4v) is 2.65. The summed E-state index contributed by atoms with van der Waals surface area (Å²) in [4.78, 5) is 0. The highest BCUT2D eigenvalue weighted by atomic mass is 16.5. The largest absolute Gasteiger partial charge is 0.380 e. The van der Waals surface area contributed by atoms with E-state index in [0.717, 1.165) is 19.3 Å². The van der Waals surface area contributed by atoms with Gasteiger partial charge >= 0.3 is 0 Å². The minimum Gasteiger partial charge on any atom is -0.380 e. The van der Waals surface area contributed by atoms with Gasteiger partial charge in [-0.25, -0.2) is 0 Å². The molecule has 0 aliphatic heterocycles. The number of fused-ring (bicyclic) bond motifs is 1. The minimum atomic E-state index is 0.0516. The molecule has 0 saturated carbocycles. The van der Waals surface area contributed by atoms with Crippen LogP contribution in [0.4, 0.5) is 0 Å². The van der Waals surface area contributed by atoms with Crippen molar-refractivity contribution in [3.8, 4) is 0 Å². The maximum absolute atomic E-state index is 6.31. The molecule has 102 valence electrons. The van der Waals surface area contributed by atoms with Gasteiger partial charge in [-0.3, -0.25) is 0 Å². The van der Waals surface area contributed by atoms with Crippen molar-refractivity contribution in [3.63, 3.8) is 0 Å². The van der Waals surface area contributed by atoms with Gasteiger partial charge in [-0.05, 0) is 29.2 Å². The fourth-order valence-electron chi connectivity index (χ4n) is 2.65. The average Bonchev–Trinajstić information content (AvgIpc) is 2.45. The monoisotopic (exact) mass is 257 g/mol. The van der Waals surface area contributed by atoms with E-state index < -0.39 is 0 Å². The summed E-state index contributed by atoms with van der Waals surface area (Å²) in [5.41, 5.74) is 7.62. The number of benzene rings is 2. The van der Waals surface area contributed by atoms with Gasteiger partial charge in [0.15, 0.2) is 0 Å². The molecule has 0 saturated heterocycles. The number of rotatable bonds is 6. The molecule has 0 bridgehead atoms. The summed E-state index contributed by atoms with van der Waals surface area (Å²) in [6, 6.07) is 14.9. The molecule has 2 rings (SSSR count). The zero-order valence-corrected chi connectivity index (χ0v) is 11.8. The lowest BCUT2D eigenvalue weighted by molar-refractivity contribution is 0.0727. The summed E-state index contributed by atoms with van der Waals surface area (Å²) < 4.78 is 5.51. The predicted octanol–water partition coefficient (Wildman–Crippen LogP) is 3.52. The quantitative estimate of drug-likeness (QED) is 0.859. The van der Waals surface area contributed by atoms with E-state index in [1.165, 1.54) is 16.3 Å². The van der Waals surface area contributed by atoms with Crippen LogP contribution in [0, 0.1) is 0 Å². The third-order valence-corrected chi connectivity index (χ3v) is 3.69. The Bertz CT molecular complexity index is 518. The second-order valence-corrected chi connectivity index (χ2v) is 5.07. The highest BCUT2D eigenvalue weighted by molar-refractivity contribution is 5.85. The molecular weight excluding hydrogens is 234 g/mol. The lowest BCUT2D eigenvalue weighted by atomic mass is 9.95. The van der Waals surface area contributed by atoms with E-state index in [2.05, 4.69) is 49.4 Å². The first kappa shape index (κ1) is 14.0. The van der Waals surface area contributed by atoms with Gasteiger partial charge < -0.3 is 10.5 Å². The van der Waals surface area contributed by atoms with Crippen LogP contribution in [-0.4, -0.2) is 19.3 Å². The normalized spacial score (nSPS) is 14.5. The van der Waals surface area contributed by atoms with Crippen molar-refractivity contribution in [1.82, 2.24) is 0 Å². The molecule has 2 N–H and O–H groups in total. The van der Waals surface area contributed by atoms with Crippen LogP contribution in [0.2, 0.25) is 0 Å². The summed E-state index contributed by atoms with van der Waals surface area (Å²) in [5, 5.41) is 2.57. The van der Waals surface area contributed by atoms with Gasteiger partial charge in [-0.2, -0.15) is 0 Å². The van der Waals surface area contributed by atoms with Crippen LogP contribution >= 0.6 is 0 Å². The molecule has 0 aromatic heterocycles. The Balaban J connectivity index is 2.21. The van der Waals surface area contributed by atoms with E-state index in [1.54, 1.807) is 7.11 Å². The summed E-state index contributed by atoms with van der Waals surface area (Å²) in [6.45, 7) is 2.16. The third kappa shape index (κ3) is 3.34. The van der Waals surface area contributed by atoms with E-state index in [1.807, 2.05) is 0 Å². The fraction of sp³-hybridized carbons (Fsp3) is 0.412. The molecule has 2 heteroatoms. The van der Waals surface area contributed by atoms with E-state index in [-0.39, 0.29) is 12.1 Å². The van der Waals surface area contributed by atoms with Crippen LogP contribution in [-0.2, 0) is 11.2 Å². The van der Waals surface area contributed by atoms with Crippen molar-refractivity contribution in [2.75, 3.05) is 7.11 Å². The van der Waals surface area contributed by atoms with Gasteiger partial charge in [0, 0.05) is 13.2 Å². The Morgan fingerprint density at radius 3 is 2.58 bits per heavy atom. The molecule has 0 aliphatic carbocycles. The second-order valence-electron chi connectivity index (χ2n) is 5.07. The maximum atomic E-state index is 6.31. The predicted molar refractivity (Wildman–Crippen MR) is 81.3 cm³/mol. The van der Waals surface area contributed by atoms with E-state index in [4.69, 9.17) is 10.5 Å². The average molecular weight is 257 g/mol. The van der Waals surface area contributed by atoms with Crippen molar-refractivity contribution in [2.24, 2.45) is 5.73 Å². The van der Waals surface area contributed by atoms with Gasteiger partial charge in [-0.1, -0.05) is 55.8 Å². The molecular formula is C17H23NO. The molecule has 2 aromatic carbocycles. The Kier molecular flexibility index (Phi) is 4.94. The van der Waals surface area contributed by atoms with Crippen molar-refractivity contribution < 1.29 is 4.74 Å². The first-order chi connectivity index (χ1) is 9.26. The zero-order chi connectivity index (χ0) is 13.7. The highest BCUT2D eigenvalue weighted by Crippen LogP contribution is 2.21. The van der Waals surface area contributed by atoms with Crippen LogP contribution in [0.5, 0.6) is 0 Å². The summed E-state index contributed by atoms with van der Waals surface area (Å²) in [7, 11) is 1.75. The van der Waals surface area contributed by atoms with E-state index in [0.29, 0.717) is 0 Å². The van der Waals surface area contributed by atoms with Crippen molar-refractivity contribution >= 4 is 10.8 Å². The summed E-state index contributed by atoms with van der Waals surface area (Å²) in [5.74, 6) is 0. The van der Waals surface area contributed by atoms with Gasteiger partial charge in [-0.15, -0.1) is 0 Å². The Morgan fingerprint density at radius 2 is 1.84 bits per heavy atom. The lowest BCUT2D eigenvalue weighted by Gasteiger charge is -2.22. The lowest BCUT2D eigenvalue weighted by Crippen LogP contribution is -2.37. The van der Waals surface area contributed by atoms with Crippen molar-refractivity contribution in [3.05, 3.63) is 48.0 Å². The summed E-state index contributed by atoms with van der Waals surface area (Å²) in [6.07, 6.45) is 3.12. The molecule has 0 heterocycles. The molecule has 2 unspecified atom stereocenters. The second kappa shape index (κ2) is 6.69. The molecule has 0 amide bonds. The van der Waals surface area contributed by atoms with Gasteiger partial charge in [0.25, 0.3) is 0 Å². The van der Waals surface area contributed by atoms with E-state index in [9.17, 15) is 0 Å². The minimum absolute atomic E-state index is 0.0516. The van der Waals surface area contributed by atoms with Gasteiger partial charge in [0.1, 0.15) is 0 Å². The SMILES string of the molecule is CCCC(OC)C(N)Cc1cccc2ccccc12. The highest BCUT2D eigenvalue weighted by Gasteiger charge is 2.17. The molecule has 0 fully saturated rings. The number of hydrogen-bond donors (Lipinski definition) is 1. The van der Waals surface area contributed by atoms with Crippen molar-refractivity contribution in [2.45, 2.75) is 38.3 Å². The molecule has 2 aromatic rings. The topological polar surface area (TPSA) is 35.2 Å². The Hall–Kier alpha value is -1.38. The molecule has 2 nitrogen and oxygen atoms in total. The van der Waals surface area contributed by atoms with Crippen LogP contribution < -0.4 is 5.73 Å². The molecule has 2 atom stereocenters. The smallest absolute Gasteiger partial charge is 0.0725 e. The first-order valence-corrected chi connectivity index (χ1v) is 7.01. The first-order valence-electron chi connectivity index (χ1n) is 7.01. The van der Waals surface area contributed by atoms with E-state index >= 15 is 0 Å². The number of methoxy groups -OCH3 is 1. The number of nitrogens with two attached hydrogens (primary N) is 1. The zero-order valence-electron chi connectivity index (χ0n) is 11.8. The number of ether oxygens (including phenoxy) is 1. The standard InChI is InChI=1S/C17H23NO/c1-3-7-17(19-2)16(18)12-14-10-6-9-13-8-4-5-11-15(13)14/h4-6,8-11,16-17H,3,7,12,18H2,1-2H3. The van der Waals surface area contributed by atoms with Crippen molar-refractivity contribution in [1.29, 1.82) is 0 Å². The van der Waals surface area contributed by atoms with Crippen LogP contribution in [0.25, 0.3) is 10.8 Å². The molecule has 0 spiro atoms. The van der Waals surface area contributed by atoms with Gasteiger partial charge in [0.2, 0.25) is 0 Å². The van der Waals surface area contributed by atoms with Gasteiger partial charge in [0.05, 0.1) is 6.10 Å². The summed E-state index contributed by atoms with van der Waals surface area (Å²) >= 11 is 0. The Morgan fingerprint density at radius 1 is 1.11 bits per heavy atom. The van der Waals surface area contributed by atoms with Crippen LogP contribution in [0.1, 0.15) is 25.3 Å². The van der Waals surface area contributed by atoms with Crippen LogP contribution in [0.15, 0.2) is 42.5 Å². The molecule has 0 aliphatic rings. The molecule has 0 radical (unpaired) electrons.